The highest BCUT2D eigenvalue weighted by atomic mass is 79.9. The number of hydrogen-bond acceptors (Lipinski definition) is 3. The minimum Gasteiger partial charge on any atom is -0.345 e. The summed E-state index contributed by atoms with van der Waals surface area (Å²) < 4.78 is 0.911. The molecule has 3 rings (SSSR count). The van der Waals surface area contributed by atoms with Crippen molar-refractivity contribution in [1.82, 2.24) is 10.2 Å². The van der Waals surface area contributed by atoms with Crippen molar-refractivity contribution < 1.29 is 14.4 Å². The summed E-state index contributed by atoms with van der Waals surface area (Å²) in [7, 11) is 1.43. The van der Waals surface area contributed by atoms with Crippen molar-refractivity contribution in [3.8, 4) is 0 Å². The van der Waals surface area contributed by atoms with Gasteiger partial charge in [-0.15, -0.1) is 0 Å². The van der Waals surface area contributed by atoms with Crippen LogP contribution in [0.1, 0.15) is 49.6 Å². The number of rotatable bonds is 3. The Morgan fingerprint density at radius 1 is 1.08 bits per heavy atom. The van der Waals surface area contributed by atoms with E-state index in [-0.39, 0.29) is 29.3 Å². The number of hydrogen-bond donors (Lipinski definition) is 1. The quantitative estimate of drug-likeness (QED) is 0.823. The smallest absolute Gasteiger partial charge is 0.261 e. The molecule has 1 N–H and O–H groups in total. The monoisotopic (exact) mass is 386 g/mol. The van der Waals surface area contributed by atoms with Crippen molar-refractivity contribution in [2.75, 3.05) is 7.05 Å². The molecule has 1 atom stereocenters. The summed E-state index contributed by atoms with van der Waals surface area (Å²) in [6.07, 6.45) is 0. The van der Waals surface area contributed by atoms with Crippen molar-refractivity contribution in [3.63, 3.8) is 0 Å². The Kier molecular flexibility index (Phi) is 4.24. The Morgan fingerprint density at radius 3 is 2.46 bits per heavy atom. The molecule has 0 aromatic heterocycles. The van der Waals surface area contributed by atoms with Crippen molar-refractivity contribution in [2.45, 2.75) is 13.0 Å². The molecule has 1 aliphatic heterocycles. The lowest BCUT2D eigenvalue weighted by Crippen LogP contribution is -2.27. The first kappa shape index (κ1) is 16.4. The predicted molar refractivity (Wildman–Crippen MR) is 92.9 cm³/mol. The third-order valence-electron chi connectivity index (χ3n) is 4.07. The fourth-order valence-electron chi connectivity index (χ4n) is 2.69. The van der Waals surface area contributed by atoms with Crippen molar-refractivity contribution in [2.24, 2.45) is 0 Å². The second-order valence-electron chi connectivity index (χ2n) is 5.65. The molecule has 24 heavy (non-hydrogen) atoms. The highest BCUT2D eigenvalue weighted by Gasteiger charge is 2.33. The molecule has 0 radical (unpaired) electrons. The molecule has 1 heterocycles. The van der Waals surface area contributed by atoms with Crippen LogP contribution >= 0.6 is 15.9 Å². The number of imide groups is 1. The molecule has 5 nitrogen and oxygen atoms in total. The Morgan fingerprint density at radius 2 is 1.75 bits per heavy atom. The molecule has 0 saturated carbocycles. The molecular formula is C18H15BrN2O3. The van der Waals surface area contributed by atoms with E-state index in [1.807, 2.05) is 31.2 Å². The van der Waals surface area contributed by atoms with Crippen LogP contribution in [-0.4, -0.2) is 29.7 Å². The Hall–Kier alpha value is -2.47. The number of benzene rings is 2. The predicted octanol–water partition coefficient (Wildman–Crippen LogP) is 3.17. The molecule has 122 valence electrons. The molecule has 1 aliphatic rings. The normalized spacial score (nSPS) is 14.5. The van der Waals surface area contributed by atoms with Gasteiger partial charge < -0.3 is 5.32 Å². The summed E-state index contributed by atoms with van der Waals surface area (Å²) in [6.45, 7) is 1.88. The molecule has 0 fully saturated rings. The van der Waals surface area contributed by atoms with E-state index in [0.29, 0.717) is 11.1 Å². The summed E-state index contributed by atoms with van der Waals surface area (Å²) in [5, 5.41) is 2.90. The van der Waals surface area contributed by atoms with E-state index >= 15 is 0 Å². The Balaban J connectivity index is 1.83. The van der Waals surface area contributed by atoms with Crippen LogP contribution in [0.4, 0.5) is 0 Å². The van der Waals surface area contributed by atoms with Crippen LogP contribution in [0.3, 0.4) is 0 Å². The summed E-state index contributed by atoms with van der Waals surface area (Å²) in [4.78, 5) is 37.4. The summed E-state index contributed by atoms with van der Waals surface area (Å²) in [5.41, 5.74) is 1.91. The topological polar surface area (TPSA) is 66.5 Å². The van der Waals surface area contributed by atoms with E-state index in [9.17, 15) is 14.4 Å². The minimum absolute atomic E-state index is 0.207. The molecule has 2 aromatic carbocycles. The maximum atomic E-state index is 12.5. The number of carbonyl (C=O) groups excluding carboxylic acids is 3. The first-order valence-corrected chi connectivity index (χ1v) is 8.21. The zero-order valence-electron chi connectivity index (χ0n) is 13.2. The maximum absolute atomic E-state index is 12.5. The lowest BCUT2D eigenvalue weighted by molar-refractivity contribution is 0.0693. The van der Waals surface area contributed by atoms with Crippen LogP contribution in [0.2, 0.25) is 0 Å². The number of fused-ring (bicyclic) bond motifs is 1. The second-order valence-corrected chi connectivity index (χ2v) is 6.50. The largest absolute Gasteiger partial charge is 0.345 e. The van der Waals surface area contributed by atoms with Gasteiger partial charge in [0.1, 0.15) is 0 Å². The molecule has 3 amide bonds. The molecule has 0 bridgehead atoms. The third kappa shape index (κ3) is 2.73. The molecule has 0 aliphatic carbocycles. The van der Waals surface area contributed by atoms with Crippen molar-refractivity contribution >= 4 is 33.7 Å². The van der Waals surface area contributed by atoms with E-state index in [1.54, 1.807) is 6.07 Å². The van der Waals surface area contributed by atoms with Crippen LogP contribution in [0, 0.1) is 0 Å². The maximum Gasteiger partial charge on any atom is 0.261 e. The van der Waals surface area contributed by atoms with Crippen LogP contribution < -0.4 is 5.32 Å². The summed E-state index contributed by atoms with van der Waals surface area (Å²) in [5.74, 6) is -1.03. The Bertz CT molecular complexity index is 863. The van der Waals surface area contributed by atoms with Crippen molar-refractivity contribution in [1.29, 1.82) is 0 Å². The third-order valence-corrected chi connectivity index (χ3v) is 4.79. The van der Waals surface area contributed by atoms with Crippen LogP contribution in [0.15, 0.2) is 46.9 Å². The summed E-state index contributed by atoms with van der Waals surface area (Å²) in [6, 6.07) is 12.0. The number of nitrogens with zero attached hydrogens (tertiary/aromatic N) is 1. The van der Waals surface area contributed by atoms with Gasteiger partial charge >= 0.3 is 0 Å². The molecule has 0 unspecified atom stereocenters. The summed E-state index contributed by atoms with van der Waals surface area (Å²) >= 11 is 3.47. The molecule has 6 heteroatoms. The van der Waals surface area contributed by atoms with E-state index in [4.69, 9.17) is 0 Å². The lowest BCUT2D eigenvalue weighted by atomic mass is 10.0. The zero-order valence-corrected chi connectivity index (χ0v) is 14.8. The SMILES string of the molecule is C[C@H](NC(=O)c1ccc2c(c1)C(=O)N(C)C2=O)c1ccccc1Br. The minimum atomic E-state index is -0.386. The van der Waals surface area contributed by atoms with E-state index in [2.05, 4.69) is 21.2 Å². The number of amides is 3. The standard InChI is InChI=1S/C18H15BrN2O3/c1-10(12-5-3-4-6-15(12)19)20-16(22)11-7-8-13-14(9-11)18(24)21(2)17(13)23/h3-10H,1-2H3,(H,20,22)/t10-/m0/s1. The first-order chi connectivity index (χ1) is 11.4. The fraction of sp³-hybridized carbons (Fsp3) is 0.167. The molecule has 0 saturated heterocycles. The van der Waals surface area contributed by atoms with Gasteiger partial charge in [0.25, 0.3) is 17.7 Å². The van der Waals surface area contributed by atoms with Gasteiger partial charge in [0.05, 0.1) is 17.2 Å². The van der Waals surface area contributed by atoms with Gasteiger partial charge in [-0.3, -0.25) is 19.3 Å². The number of nitrogens with one attached hydrogen (secondary N) is 1. The molecular weight excluding hydrogens is 372 g/mol. The van der Waals surface area contributed by atoms with E-state index in [1.165, 1.54) is 19.2 Å². The Labute approximate surface area is 147 Å². The van der Waals surface area contributed by atoms with Gasteiger partial charge in [-0.25, -0.2) is 0 Å². The lowest BCUT2D eigenvalue weighted by Gasteiger charge is -2.16. The number of carbonyl (C=O) groups is 3. The van der Waals surface area contributed by atoms with Crippen LogP contribution in [0.5, 0.6) is 0 Å². The van der Waals surface area contributed by atoms with E-state index < -0.39 is 0 Å². The van der Waals surface area contributed by atoms with Gasteiger partial charge in [0.2, 0.25) is 0 Å². The average Bonchev–Trinajstić information content (AvgIpc) is 2.79. The van der Waals surface area contributed by atoms with Gasteiger partial charge in [0.15, 0.2) is 0 Å². The van der Waals surface area contributed by atoms with Gasteiger partial charge in [-0.2, -0.15) is 0 Å². The van der Waals surface area contributed by atoms with E-state index in [0.717, 1.165) is 14.9 Å². The van der Waals surface area contributed by atoms with Gasteiger partial charge in [-0.1, -0.05) is 34.1 Å². The van der Waals surface area contributed by atoms with Crippen LogP contribution in [0.25, 0.3) is 0 Å². The first-order valence-electron chi connectivity index (χ1n) is 7.42. The van der Waals surface area contributed by atoms with Crippen LogP contribution in [-0.2, 0) is 0 Å². The highest BCUT2D eigenvalue weighted by molar-refractivity contribution is 9.10. The average molecular weight is 387 g/mol. The molecule has 2 aromatic rings. The second kappa shape index (κ2) is 6.20. The highest BCUT2D eigenvalue weighted by Crippen LogP contribution is 2.25. The number of halogens is 1. The zero-order chi connectivity index (χ0) is 17.4. The van der Waals surface area contributed by atoms with Gasteiger partial charge in [-0.05, 0) is 36.8 Å². The molecule has 0 spiro atoms. The fourth-order valence-corrected chi connectivity index (χ4v) is 3.31. The van der Waals surface area contributed by atoms with Crippen molar-refractivity contribution in [3.05, 3.63) is 69.2 Å². The van der Waals surface area contributed by atoms with Gasteiger partial charge in [0, 0.05) is 17.1 Å².